The third-order valence-corrected chi connectivity index (χ3v) is 5.49. The lowest BCUT2D eigenvalue weighted by Gasteiger charge is -2.17. The number of hydrogen-bond donors (Lipinski definition) is 1. The monoisotopic (exact) mass is 311 g/mol. The molecule has 2 aromatic rings. The topological polar surface area (TPSA) is 12.0 Å². The molecule has 1 heterocycles. The first-order valence-electron chi connectivity index (χ1n) is 6.42. The lowest BCUT2D eigenvalue weighted by molar-refractivity contribution is 0.703. The lowest BCUT2D eigenvalue weighted by atomic mass is 10.0. The van der Waals surface area contributed by atoms with Crippen LogP contribution in [0.3, 0.4) is 0 Å². The largest absolute Gasteiger partial charge is 0.309 e. The van der Waals surface area contributed by atoms with Gasteiger partial charge in [-0.2, -0.15) is 0 Å². The number of rotatable bonds is 3. The molecular formula is C15H15Cl2NS. The molecule has 0 spiro atoms. The molecule has 1 aromatic carbocycles. The lowest BCUT2D eigenvalue weighted by Crippen LogP contribution is -2.17. The van der Waals surface area contributed by atoms with Gasteiger partial charge in [0.25, 0.3) is 0 Å². The van der Waals surface area contributed by atoms with Crippen molar-refractivity contribution in [3.63, 3.8) is 0 Å². The number of benzene rings is 1. The van der Waals surface area contributed by atoms with Gasteiger partial charge in [0.2, 0.25) is 0 Å². The van der Waals surface area contributed by atoms with E-state index in [-0.39, 0.29) is 6.04 Å². The summed E-state index contributed by atoms with van der Waals surface area (Å²) in [5, 5.41) is 4.85. The summed E-state index contributed by atoms with van der Waals surface area (Å²) in [5.41, 5.74) is 2.56. The summed E-state index contributed by atoms with van der Waals surface area (Å²) in [5.74, 6) is 0. The fourth-order valence-corrected chi connectivity index (χ4v) is 4.48. The highest BCUT2D eigenvalue weighted by molar-refractivity contribution is 7.12. The quantitative estimate of drug-likeness (QED) is 0.854. The first-order chi connectivity index (χ1) is 9.19. The summed E-state index contributed by atoms with van der Waals surface area (Å²) in [6, 6.07) is 8.10. The highest BCUT2D eigenvalue weighted by Crippen LogP contribution is 2.38. The Hall–Kier alpha value is -0.540. The van der Waals surface area contributed by atoms with Gasteiger partial charge in [-0.25, -0.2) is 0 Å². The van der Waals surface area contributed by atoms with Crippen molar-refractivity contribution in [3.8, 4) is 0 Å². The van der Waals surface area contributed by atoms with Crippen molar-refractivity contribution >= 4 is 34.5 Å². The zero-order valence-corrected chi connectivity index (χ0v) is 13.0. The molecular weight excluding hydrogens is 297 g/mol. The van der Waals surface area contributed by atoms with Crippen molar-refractivity contribution in [2.75, 3.05) is 7.05 Å². The molecule has 1 unspecified atom stereocenters. The minimum atomic E-state index is 0.127. The van der Waals surface area contributed by atoms with E-state index >= 15 is 0 Å². The van der Waals surface area contributed by atoms with E-state index in [1.54, 1.807) is 0 Å². The fourth-order valence-electron chi connectivity index (χ4n) is 2.68. The second-order valence-corrected chi connectivity index (χ2v) is 6.85. The minimum Gasteiger partial charge on any atom is -0.309 e. The van der Waals surface area contributed by atoms with Crippen LogP contribution in [-0.2, 0) is 12.8 Å². The summed E-state index contributed by atoms with van der Waals surface area (Å²) < 4.78 is 0. The number of hydrogen-bond acceptors (Lipinski definition) is 2. The minimum absolute atomic E-state index is 0.127. The van der Waals surface area contributed by atoms with Crippen LogP contribution in [0.2, 0.25) is 10.0 Å². The van der Waals surface area contributed by atoms with Gasteiger partial charge < -0.3 is 5.32 Å². The Kier molecular flexibility index (Phi) is 3.86. The second-order valence-electron chi connectivity index (χ2n) is 4.84. The third kappa shape index (κ3) is 2.55. The highest BCUT2D eigenvalue weighted by Gasteiger charge is 2.22. The Morgan fingerprint density at radius 2 is 2.05 bits per heavy atom. The van der Waals surface area contributed by atoms with E-state index in [2.05, 4.69) is 11.4 Å². The summed E-state index contributed by atoms with van der Waals surface area (Å²) in [6.45, 7) is 0. The Bertz CT molecular complexity index is 585. The summed E-state index contributed by atoms with van der Waals surface area (Å²) in [4.78, 5) is 2.87. The Balaban J connectivity index is 2.01. The average Bonchev–Trinajstić information content (AvgIpc) is 2.95. The van der Waals surface area contributed by atoms with Crippen molar-refractivity contribution in [1.29, 1.82) is 0 Å². The summed E-state index contributed by atoms with van der Waals surface area (Å²) in [7, 11) is 1.97. The van der Waals surface area contributed by atoms with E-state index in [1.807, 2.05) is 36.6 Å². The van der Waals surface area contributed by atoms with Gasteiger partial charge >= 0.3 is 0 Å². The van der Waals surface area contributed by atoms with Crippen LogP contribution in [0, 0.1) is 0 Å². The van der Waals surface area contributed by atoms with Gasteiger partial charge in [-0.05, 0) is 61.7 Å². The molecule has 0 radical (unpaired) electrons. The molecule has 1 aliphatic rings. The number of aryl methyl sites for hydroxylation is 2. The van der Waals surface area contributed by atoms with Crippen LogP contribution in [0.5, 0.6) is 0 Å². The SMILES string of the molecule is CNC(c1cc2c(s1)CCC2)c1cc(Cl)ccc1Cl. The molecule has 0 amide bonds. The zero-order chi connectivity index (χ0) is 13.4. The molecule has 3 rings (SSSR count). The Morgan fingerprint density at radius 1 is 1.21 bits per heavy atom. The number of thiophene rings is 1. The van der Waals surface area contributed by atoms with Crippen LogP contribution in [0.1, 0.15) is 33.3 Å². The van der Waals surface area contributed by atoms with Crippen molar-refractivity contribution in [1.82, 2.24) is 5.32 Å². The predicted octanol–water partition coefficient (Wildman–Crippen LogP) is 4.85. The Labute approximate surface area is 127 Å². The fraction of sp³-hybridized carbons (Fsp3) is 0.333. The van der Waals surface area contributed by atoms with Crippen molar-refractivity contribution in [3.05, 3.63) is 55.2 Å². The van der Waals surface area contributed by atoms with Crippen LogP contribution in [0.25, 0.3) is 0 Å². The molecule has 1 aliphatic carbocycles. The predicted molar refractivity (Wildman–Crippen MR) is 83.7 cm³/mol. The molecule has 1 nitrogen and oxygen atoms in total. The van der Waals surface area contributed by atoms with E-state index in [0.717, 1.165) is 15.6 Å². The molecule has 100 valence electrons. The first-order valence-corrected chi connectivity index (χ1v) is 8.00. The molecule has 0 saturated carbocycles. The van der Waals surface area contributed by atoms with Gasteiger partial charge in [0.1, 0.15) is 0 Å². The smallest absolute Gasteiger partial charge is 0.0683 e. The average molecular weight is 312 g/mol. The van der Waals surface area contributed by atoms with Gasteiger partial charge in [0.05, 0.1) is 6.04 Å². The zero-order valence-electron chi connectivity index (χ0n) is 10.7. The van der Waals surface area contributed by atoms with Crippen molar-refractivity contribution in [2.45, 2.75) is 25.3 Å². The van der Waals surface area contributed by atoms with Crippen LogP contribution in [0.4, 0.5) is 0 Å². The van der Waals surface area contributed by atoms with Crippen molar-refractivity contribution in [2.24, 2.45) is 0 Å². The van der Waals surface area contributed by atoms with Gasteiger partial charge in [-0.3, -0.25) is 0 Å². The molecule has 1 aromatic heterocycles. The van der Waals surface area contributed by atoms with Gasteiger partial charge in [-0.15, -0.1) is 11.3 Å². The standard InChI is InChI=1S/C15H15Cl2NS/c1-18-15(11-8-10(16)5-6-12(11)17)14-7-9-3-2-4-13(9)19-14/h5-8,15,18H,2-4H2,1H3. The molecule has 1 atom stereocenters. The Morgan fingerprint density at radius 3 is 2.79 bits per heavy atom. The van der Waals surface area contributed by atoms with E-state index in [0.29, 0.717) is 0 Å². The third-order valence-electron chi connectivity index (χ3n) is 3.61. The molecule has 0 fully saturated rings. The first kappa shape index (κ1) is 13.4. The van der Waals surface area contributed by atoms with Gasteiger partial charge in [0, 0.05) is 19.8 Å². The van der Waals surface area contributed by atoms with Crippen molar-refractivity contribution < 1.29 is 0 Å². The maximum atomic E-state index is 6.32. The molecule has 19 heavy (non-hydrogen) atoms. The molecule has 0 saturated heterocycles. The number of halogens is 2. The van der Waals surface area contributed by atoms with Crippen LogP contribution < -0.4 is 5.32 Å². The number of fused-ring (bicyclic) bond motifs is 1. The van der Waals surface area contributed by atoms with E-state index in [9.17, 15) is 0 Å². The van der Waals surface area contributed by atoms with E-state index in [4.69, 9.17) is 23.2 Å². The normalized spacial score (nSPS) is 15.5. The van der Waals surface area contributed by atoms with Gasteiger partial charge in [-0.1, -0.05) is 23.2 Å². The van der Waals surface area contributed by atoms with Crippen LogP contribution >= 0.6 is 34.5 Å². The molecule has 0 aliphatic heterocycles. The van der Waals surface area contributed by atoms with E-state index < -0.39 is 0 Å². The highest BCUT2D eigenvalue weighted by atomic mass is 35.5. The van der Waals surface area contributed by atoms with Gasteiger partial charge in [0.15, 0.2) is 0 Å². The molecule has 0 bridgehead atoms. The maximum Gasteiger partial charge on any atom is 0.0683 e. The maximum absolute atomic E-state index is 6.32. The molecule has 4 heteroatoms. The van der Waals surface area contributed by atoms with Crippen LogP contribution in [0.15, 0.2) is 24.3 Å². The molecule has 1 N–H and O–H groups in total. The number of nitrogens with one attached hydrogen (secondary N) is 1. The summed E-state index contributed by atoms with van der Waals surface area (Å²) in [6.07, 6.45) is 3.73. The summed E-state index contributed by atoms with van der Waals surface area (Å²) >= 11 is 14.3. The van der Waals surface area contributed by atoms with E-state index in [1.165, 1.54) is 34.6 Å². The second kappa shape index (κ2) is 5.45. The van der Waals surface area contributed by atoms with Crippen LogP contribution in [-0.4, -0.2) is 7.05 Å².